The summed E-state index contributed by atoms with van der Waals surface area (Å²) in [7, 11) is 0. The molecule has 158 valence electrons. The summed E-state index contributed by atoms with van der Waals surface area (Å²) in [6.07, 6.45) is 0.268. The molecule has 0 unspecified atom stereocenters. The Bertz CT molecular complexity index is 1140. The number of rotatable bonds is 7. The quantitative estimate of drug-likeness (QED) is 0.582. The molecule has 7 heteroatoms. The maximum Gasteiger partial charge on any atom is 0.252 e. The van der Waals surface area contributed by atoms with E-state index in [9.17, 15) is 9.59 Å². The van der Waals surface area contributed by atoms with Crippen molar-refractivity contribution >= 4 is 39.1 Å². The average Bonchev–Trinajstić information content (AvgIpc) is 3.00. The maximum atomic E-state index is 12.8. The third-order valence-corrected chi connectivity index (χ3v) is 5.77. The van der Waals surface area contributed by atoms with Crippen LogP contribution in [0.4, 0.5) is 5.69 Å². The Hall–Kier alpha value is -2.77. The number of hydrogen-bond acceptors (Lipinski definition) is 4. The molecule has 0 bridgehead atoms. The molecule has 3 rings (SSSR count). The van der Waals surface area contributed by atoms with Crippen molar-refractivity contribution in [3.8, 4) is 0 Å². The van der Waals surface area contributed by atoms with Crippen LogP contribution < -0.4 is 10.1 Å². The summed E-state index contributed by atoms with van der Waals surface area (Å²) in [5, 5.41) is 2.80. The van der Waals surface area contributed by atoms with Gasteiger partial charge in [0, 0.05) is 25.8 Å². The molecule has 0 fully saturated rings. The molecule has 0 aliphatic carbocycles. The molecular formula is C23H27N3O3S. The highest BCUT2D eigenvalue weighted by Crippen LogP contribution is 2.22. The summed E-state index contributed by atoms with van der Waals surface area (Å²) < 4.78 is 8.48. The molecule has 2 amide bonds. The highest BCUT2D eigenvalue weighted by atomic mass is 32.1. The zero-order valence-corrected chi connectivity index (χ0v) is 18.6. The number of thiazole rings is 1. The largest absolute Gasteiger partial charge is 0.380 e. The molecule has 6 nitrogen and oxygen atoms in total. The predicted octanol–water partition coefficient (Wildman–Crippen LogP) is 3.98. The fraction of sp³-hybridized carbons (Fsp3) is 0.348. The summed E-state index contributed by atoms with van der Waals surface area (Å²) in [6, 6.07) is 11.8. The van der Waals surface area contributed by atoms with Gasteiger partial charge < -0.3 is 14.6 Å². The van der Waals surface area contributed by atoms with Crippen LogP contribution in [-0.2, 0) is 27.3 Å². The number of nitrogens with zero attached hydrogens (tertiary/aromatic N) is 2. The van der Waals surface area contributed by atoms with Gasteiger partial charge in [0.25, 0.3) is 5.91 Å². The summed E-state index contributed by atoms with van der Waals surface area (Å²) in [6.45, 7) is 9.23. The fourth-order valence-electron chi connectivity index (χ4n) is 3.26. The van der Waals surface area contributed by atoms with Crippen molar-refractivity contribution in [2.75, 3.05) is 18.5 Å². The Morgan fingerprint density at radius 3 is 2.70 bits per heavy atom. The van der Waals surface area contributed by atoms with E-state index in [2.05, 4.69) is 10.3 Å². The number of nitrogens with one attached hydrogen (secondary N) is 1. The van der Waals surface area contributed by atoms with Crippen molar-refractivity contribution in [3.63, 3.8) is 0 Å². The average molecular weight is 426 g/mol. The number of anilines is 1. The number of carbonyl (C=O) groups excluding carboxylic acids is 2. The molecular weight excluding hydrogens is 398 g/mol. The Labute approximate surface area is 180 Å². The molecule has 0 saturated carbocycles. The third kappa shape index (κ3) is 5.43. The van der Waals surface area contributed by atoms with Crippen LogP contribution in [-0.4, -0.2) is 29.6 Å². The molecule has 0 atom stereocenters. The normalized spacial score (nSPS) is 11.8. The van der Waals surface area contributed by atoms with Crippen molar-refractivity contribution < 1.29 is 14.3 Å². The van der Waals surface area contributed by atoms with E-state index >= 15 is 0 Å². The molecule has 30 heavy (non-hydrogen) atoms. The van der Waals surface area contributed by atoms with Crippen molar-refractivity contribution in [2.45, 2.75) is 40.7 Å². The molecule has 1 N–H and O–H groups in total. The second-order valence-corrected chi connectivity index (χ2v) is 8.22. The van der Waals surface area contributed by atoms with Crippen molar-refractivity contribution in [2.24, 2.45) is 4.99 Å². The Morgan fingerprint density at radius 1 is 1.17 bits per heavy atom. The van der Waals surface area contributed by atoms with E-state index in [1.54, 1.807) is 0 Å². The minimum atomic E-state index is -0.178. The lowest BCUT2D eigenvalue weighted by atomic mass is 10.0. The lowest BCUT2D eigenvalue weighted by Crippen LogP contribution is -2.20. The lowest BCUT2D eigenvalue weighted by Gasteiger charge is -2.07. The van der Waals surface area contributed by atoms with E-state index in [-0.39, 0.29) is 18.2 Å². The smallest absolute Gasteiger partial charge is 0.252 e. The molecule has 1 aromatic heterocycles. The van der Waals surface area contributed by atoms with Gasteiger partial charge in [0.15, 0.2) is 4.80 Å². The summed E-state index contributed by atoms with van der Waals surface area (Å²) >= 11 is 1.44. The first kappa shape index (κ1) is 21.9. The Kier molecular flexibility index (Phi) is 7.18. The number of ether oxygens (including phenoxy) is 1. The van der Waals surface area contributed by atoms with Gasteiger partial charge in [-0.3, -0.25) is 9.59 Å². The van der Waals surface area contributed by atoms with Crippen molar-refractivity contribution in [1.29, 1.82) is 0 Å². The van der Waals surface area contributed by atoms with E-state index in [1.807, 2.05) is 61.7 Å². The lowest BCUT2D eigenvalue weighted by molar-refractivity contribution is -0.117. The molecule has 1 heterocycles. The molecule has 0 aliphatic rings. The van der Waals surface area contributed by atoms with Crippen LogP contribution in [0.25, 0.3) is 10.2 Å². The van der Waals surface area contributed by atoms with Crippen molar-refractivity contribution in [1.82, 2.24) is 4.57 Å². The van der Waals surface area contributed by atoms with E-state index in [1.165, 1.54) is 18.3 Å². The zero-order chi connectivity index (χ0) is 21.7. The van der Waals surface area contributed by atoms with Gasteiger partial charge in [0.1, 0.15) is 0 Å². The summed E-state index contributed by atoms with van der Waals surface area (Å²) in [4.78, 5) is 29.2. The number of benzene rings is 2. The highest BCUT2D eigenvalue weighted by molar-refractivity contribution is 7.16. The minimum absolute atomic E-state index is 0.122. The Balaban J connectivity index is 1.98. The van der Waals surface area contributed by atoms with Gasteiger partial charge >= 0.3 is 0 Å². The molecule has 3 aromatic rings. The standard InChI is InChI=1S/C23H27N3O3S/c1-5-29-11-10-26-20-9-8-19(24-17(4)27)14-21(20)30-23(26)25-22(28)13-18-12-15(2)6-7-16(18)3/h6-9,12,14H,5,10-11,13H2,1-4H3,(H,24,27). The summed E-state index contributed by atoms with van der Waals surface area (Å²) in [5.74, 6) is -0.300. The van der Waals surface area contributed by atoms with Gasteiger partial charge in [-0.1, -0.05) is 35.1 Å². The first-order valence-electron chi connectivity index (χ1n) is 9.99. The van der Waals surface area contributed by atoms with Crippen LogP contribution in [0.3, 0.4) is 0 Å². The summed E-state index contributed by atoms with van der Waals surface area (Å²) in [5.41, 5.74) is 4.90. The van der Waals surface area contributed by atoms with Gasteiger partial charge in [-0.05, 0) is 50.1 Å². The SMILES string of the molecule is CCOCCn1c(=NC(=O)Cc2cc(C)ccc2C)sc2cc(NC(C)=O)ccc21. The van der Waals surface area contributed by atoms with E-state index in [0.29, 0.717) is 24.6 Å². The molecule has 2 aromatic carbocycles. The van der Waals surface area contributed by atoms with Crippen LogP contribution in [0, 0.1) is 13.8 Å². The zero-order valence-electron chi connectivity index (χ0n) is 17.8. The molecule has 0 radical (unpaired) electrons. The fourth-order valence-corrected chi connectivity index (χ4v) is 4.37. The number of carbonyl (C=O) groups is 2. The van der Waals surface area contributed by atoms with Crippen LogP contribution in [0.5, 0.6) is 0 Å². The van der Waals surface area contributed by atoms with E-state index in [0.717, 1.165) is 32.6 Å². The number of aromatic nitrogens is 1. The first-order chi connectivity index (χ1) is 14.4. The molecule has 0 aliphatic heterocycles. The van der Waals surface area contributed by atoms with Crippen LogP contribution in [0.2, 0.25) is 0 Å². The Morgan fingerprint density at radius 2 is 1.97 bits per heavy atom. The van der Waals surface area contributed by atoms with Gasteiger partial charge in [-0.2, -0.15) is 4.99 Å². The maximum absolute atomic E-state index is 12.8. The number of aryl methyl sites for hydroxylation is 2. The van der Waals surface area contributed by atoms with Gasteiger partial charge in [-0.15, -0.1) is 0 Å². The van der Waals surface area contributed by atoms with E-state index < -0.39 is 0 Å². The van der Waals surface area contributed by atoms with Crippen molar-refractivity contribution in [3.05, 3.63) is 57.9 Å². The van der Waals surface area contributed by atoms with E-state index in [4.69, 9.17) is 4.74 Å². The second-order valence-electron chi connectivity index (χ2n) is 7.21. The molecule has 0 saturated heterocycles. The number of hydrogen-bond donors (Lipinski definition) is 1. The third-order valence-electron chi connectivity index (χ3n) is 4.73. The van der Waals surface area contributed by atoms with Gasteiger partial charge in [0.2, 0.25) is 5.91 Å². The van der Waals surface area contributed by atoms with Crippen LogP contribution in [0.1, 0.15) is 30.5 Å². The minimum Gasteiger partial charge on any atom is -0.380 e. The van der Waals surface area contributed by atoms with Gasteiger partial charge in [-0.25, -0.2) is 0 Å². The van der Waals surface area contributed by atoms with Crippen LogP contribution in [0.15, 0.2) is 41.4 Å². The van der Waals surface area contributed by atoms with Gasteiger partial charge in [0.05, 0.1) is 23.2 Å². The highest BCUT2D eigenvalue weighted by Gasteiger charge is 2.11. The topological polar surface area (TPSA) is 72.7 Å². The number of amides is 2. The predicted molar refractivity (Wildman–Crippen MR) is 121 cm³/mol. The molecule has 0 spiro atoms. The van der Waals surface area contributed by atoms with Crippen LogP contribution >= 0.6 is 11.3 Å². The number of fused-ring (bicyclic) bond motifs is 1. The first-order valence-corrected chi connectivity index (χ1v) is 10.8. The second kappa shape index (κ2) is 9.82. The monoisotopic (exact) mass is 425 g/mol.